The molecule has 0 amide bonds. The number of benzene rings is 1. The van der Waals surface area contributed by atoms with Crippen LogP contribution in [0.1, 0.15) is 5.56 Å². The Labute approximate surface area is 73.9 Å². The summed E-state index contributed by atoms with van der Waals surface area (Å²) in [6, 6.07) is 5.98. The highest BCUT2D eigenvalue weighted by atomic mass is 19.4. The molecule has 74 valence electrons. The summed E-state index contributed by atoms with van der Waals surface area (Å²) in [6.45, 7) is 1.56. The van der Waals surface area contributed by atoms with Crippen LogP contribution in [-0.2, 0) is 0 Å². The van der Waals surface area contributed by atoms with Crippen LogP contribution in [-0.4, -0.2) is 6.36 Å². The predicted octanol–water partition coefficient (Wildman–Crippen LogP) is 3.06. The van der Waals surface area contributed by atoms with Crippen molar-refractivity contribution in [2.24, 2.45) is 0 Å². The van der Waals surface area contributed by atoms with Gasteiger partial charge in [-0.3, -0.25) is 0 Å². The molecule has 0 saturated carbocycles. The fourth-order valence-electron chi connectivity index (χ4n) is 0.796. The summed E-state index contributed by atoms with van der Waals surface area (Å²) in [5.41, 5.74) is 0.467. The second-order valence-electron chi connectivity index (χ2n) is 2.31. The van der Waals surface area contributed by atoms with Crippen LogP contribution in [0.3, 0.4) is 0 Å². The summed E-state index contributed by atoms with van der Waals surface area (Å²) in [4.78, 5) is 0. The van der Waals surface area contributed by atoms with Crippen molar-refractivity contribution >= 4 is 0 Å². The third-order valence-corrected chi connectivity index (χ3v) is 1.32. The van der Waals surface area contributed by atoms with Crippen LogP contribution in [0.2, 0.25) is 0 Å². The molecular weight excluding hydrogens is 183 g/mol. The number of halogens is 3. The number of alkyl halides is 3. The van der Waals surface area contributed by atoms with Crippen molar-refractivity contribution in [2.75, 3.05) is 0 Å². The molecular formula is C8H10F3NO. The largest absolute Gasteiger partial charge is 0.573 e. The van der Waals surface area contributed by atoms with Gasteiger partial charge >= 0.3 is 6.36 Å². The molecule has 0 aliphatic heterocycles. The van der Waals surface area contributed by atoms with Gasteiger partial charge in [0.25, 0.3) is 0 Å². The number of hydrogen-bond donors (Lipinski definition) is 1. The van der Waals surface area contributed by atoms with Crippen molar-refractivity contribution in [3.05, 3.63) is 29.8 Å². The predicted molar refractivity (Wildman–Crippen MR) is 42.9 cm³/mol. The van der Waals surface area contributed by atoms with Gasteiger partial charge in [0.2, 0.25) is 0 Å². The molecule has 0 radical (unpaired) electrons. The molecule has 1 rings (SSSR count). The molecule has 0 saturated heterocycles. The molecule has 0 unspecified atom stereocenters. The molecule has 13 heavy (non-hydrogen) atoms. The first-order valence-electron chi connectivity index (χ1n) is 3.30. The van der Waals surface area contributed by atoms with E-state index in [0.717, 1.165) is 0 Å². The summed E-state index contributed by atoms with van der Waals surface area (Å²) in [6.07, 6.45) is -4.61. The second-order valence-corrected chi connectivity index (χ2v) is 2.31. The van der Waals surface area contributed by atoms with E-state index in [9.17, 15) is 13.2 Å². The first-order chi connectivity index (χ1) is 5.49. The van der Waals surface area contributed by atoms with Gasteiger partial charge in [-0.25, -0.2) is 0 Å². The topological polar surface area (TPSA) is 44.2 Å². The first kappa shape index (κ1) is 11.8. The SMILES string of the molecule is Cc1ccccc1OC(F)(F)F.N. The average Bonchev–Trinajstić information content (AvgIpc) is 1.91. The van der Waals surface area contributed by atoms with Crippen molar-refractivity contribution in [3.8, 4) is 5.75 Å². The highest BCUT2D eigenvalue weighted by Crippen LogP contribution is 2.24. The maximum absolute atomic E-state index is 11.7. The van der Waals surface area contributed by atoms with Gasteiger partial charge in [-0.05, 0) is 18.6 Å². The summed E-state index contributed by atoms with van der Waals surface area (Å²) in [5.74, 6) is -0.148. The number of rotatable bonds is 1. The molecule has 1 aromatic rings. The maximum Gasteiger partial charge on any atom is 0.573 e. The zero-order valence-corrected chi connectivity index (χ0v) is 7.06. The standard InChI is InChI=1S/C8H7F3O.H3N/c1-6-4-2-3-5-7(6)12-8(9,10)11;/h2-5H,1H3;1H3. The lowest BCUT2D eigenvalue weighted by molar-refractivity contribution is -0.274. The summed E-state index contributed by atoms with van der Waals surface area (Å²) in [7, 11) is 0. The Morgan fingerprint density at radius 1 is 1.15 bits per heavy atom. The number of aryl methyl sites for hydroxylation is 1. The lowest BCUT2D eigenvalue weighted by Gasteiger charge is -2.10. The fraction of sp³-hybridized carbons (Fsp3) is 0.250. The van der Waals surface area contributed by atoms with Crippen molar-refractivity contribution in [1.29, 1.82) is 0 Å². The molecule has 0 fully saturated rings. The molecule has 0 spiro atoms. The van der Waals surface area contributed by atoms with Crippen molar-refractivity contribution in [3.63, 3.8) is 0 Å². The molecule has 2 nitrogen and oxygen atoms in total. The summed E-state index contributed by atoms with van der Waals surface area (Å²) >= 11 is 0. The highest BCUT2D eigenvalue weighted by molar-refractivity contribution is 5.31. The third-order valence-electron chi connectivity index (χ3n) is 1.32. The van der Waals surface area contributed by atoms with Crippen molar-refractivity contribution < 1.29 is 17.9 Å². The van der Waals surface area contributed by atoms with Gasteiger partial charge in [0.1, 0.15) is 5.75 Å². The average molecular weight is 193 g/mol. The van der Waals surface area contributed by atoms with Gasteiger partial charge in [0, 0.05) is 0 Å². The van der Waals surface area contributed by atoms with Gasteiger partial charge in [-0.15, -0.1) is 13.2 Å². The molecule has 0 heterocycles. The molecule has 1 aromatic carbocycles. The van der Waals surface area contributed by atoms with E-state index in [1.165, 1.54) is 12.1 Å². The Bertz CT molecular complexity index is 272. The van der Waals surface area contributed by atoms with E-state index in [2.05, 4.69) is 4.74 Å². The van der Waals surface area contributed by atoms with Crippen LogP contribution in [0.15, 0.2) is 24.3 Å². The normalized spacial score (nSPS) is 10.5. The lowest BCUT2D eigenvalue weighted by Crippen LogP contribution is -2.17. The minimum Gasteiger partial charge on any atom is -0.406 e. The minimum atomic E-state index is -4.61. The monoisotopic (exact) mass is 193 g/mol. The van der Waals surface area contributed by atoms with Crippen LogP contribution in [0, 0.1) is 6.92 Å². The van der Waals surface area contributed by atoms with Crippen LogP contribution < -0.4 is 10.9 Å². The van der Waals surface area contributed by atoms with Crippen LogP contribution >= 0.6 is 0 Å². The van der Waals surface area contributed by atoms with Crippen molar-refractivity contribution in [1.82, 2.24) is 6.15 Å². The zero-order chi connectivity index (χ0) is 9.19. The van der Waals surface area contributed by atoms with E-state index in [4.69, 9.17) is 0 Å². The van der Waals surface area contributed by atoms with E-state index in [1.54, 1.807) is 19.1 Å². The highest BCUT2D eigenvalue weighted by Gasteiger charge is 2.31. The number of hydrogen-bond acceptors (Lipinski definition) is 2. The molecule has 0 bridgehead atoms. The van der Waals surface area contributed by atoms with Crippen LogP contribution in [0.4, 0.5) is 13.2 Å². The molecule has 0 aliphatic carbocycles. The van der Waals surface area contributed by atoms with E-state index >= 15 is 0 Å². The molecule has 5 heteroatoms. The first-order valence-corrected chi connectivity index (χ1v) is 3.30. The maximum atomic E-state index is 11.7. The number of ether oxygens (including phenoxy) is 1. The molecule has 0 aromatic heterocycles. The zero-order valence-electron chi connectivity index (χ0n) is 7.06. The Morgan fingerprint density at radius 3 is 2.15 bits per heavy atom. The Hall–Kier alpha value is -1.23. The van der Waals surface area contributed by atoms with E-state index in [-0.39, 0.29) is 11.9 Å². The Balaban J connectivity index is 0.00000144. The summed E-state index contributed by atoms with van der Waals surface area (Å²) < 4.78 is 38.8. The van der Waals surface area contributed by atoms with Crippen LogP contribution in [0.5, 0.6) is 5.75 Å². The smallest absolute Gasteiger partial charge is 0.406 e. The molecule has 3 N–H and O–H groups in total. The van der Waals surface area contributed by atoms with Crippen molar-refractivity contribution in [2.45, 2.75) is 13.3 Å². The van der Waals surface area contributed by atoms with E-state index in [0.29, 0.717) is 5.56 Å². The van der Waals surface area contributed by atoms with E-state index in [1.807, 2.05) is 0 Å². The number of para-hydroxylation sites is 1. The van der Waals surface area contributed by atoms with Crippen LogP contribution in [0.25, 0.3) is 0 Å². The fourth-order valence-corrected chi connectivity index (χ4v) is 0.796. The Kier molecular flexibility index (Phi) is 3.74. The molecule has 0 atom stereocenters. The second kappa shape index (κ2) is 4.13. The summed E-state index contributed by atoms with van der Waals surface area (Å²) in [5, 5.41) is 0. The van der Waals surface area contributed by atoms with Gasteiger partial charge in [-0.1, -0.05) is 18.2 Å². The van der Waals surface area contributed by atoms with Gasteiger partial charge in [0.15, 0.2) is 0 Å². The van der Waals surface area contributed by atoms with E-state index < -0.39 is 6.36 Å². The lowest BCUT2D eigenvalue weighted by atomic mass is 10.2. The van der Waals surface area contributed by atoms with Gasteiger partial charge < -0.3 is 10.9 Å². The van der Waals surface area contributed by atoms with Gasteiger partial charge in [0.05, 0.1) is 0 Å². The quantitative estimate of drug-likeness (QED) is 0.744. The Morgan fingerprint density at radius 2 is 1.69 bits per heavy atom. The van der Waals surface area contributed by atoms with Gasteiger partial charge in [-0.2, -0.15) is 0 Å². The molecule has 0 aliphatic rings. The minimum absolute atomic E-state index is 0. The third kappa shape index (κ3) is 3.80.